The molecule has 0 aliphatic heterocycles. The van der Waals surface area contributed by atoms with Gasteiger partial charge in [-0.3, -0.25) is 0 Å². The lowest BCUT2D eigenvalue weighted by Crippen LogP contribution is -2.32. The number of hydrogen-bond donors (Lipinski definition) is 1. The standard InChI is InChI=1S/C16H25NO2Si/c1-5-10-17(16(18)19)11-9-15-20(12-6-2,13-7-3)14-8-4/h5-9,15H,1-4,10-14H2,(H,18,19). The fourth-order valence-corrected chi connectivity index (χ4v) is 5.37. The number of carbonyl (C=O) groups is 1. The van der Waals surface area contributed by atoms with Crippen molar-refractivity contribution in [3.8, 4) is 0 Å². The minimum Gasteiger partial charge on any atom is -0.465 e. The van der Waals surface area contributed by atoms with E-state index in [-0.39, 0.29) is 0 Å². The zero-order chi connectivity index (χ0) is 15.4. The first-order chi connectivity index (χ1) is 9.55. The van der Waals surface area contributed by atoms with Crippen molar-refractivity contribution in [3.05, 3.63) is 62.4 Å². The van der Waals surface area contributed by atoms with Crippen molar-refractivity contribution in [2.45, 2.75) is 18.1 Å². The third-order valence-corrected chi connectivity index (χ3v) is 7.32. The third kappa shape index (κ3) is 6.38. The second-order valence-corrected chi connectivity index (χ2v) is 9.00. The summed E-state index contributed by atoms with van der Waals surface area (Å²) in [4.78, 5) is 12.3. The molecule has 0 aromatic rings. The van der Waals surface area contributed by atoms with E-state index in [0.29, 0.717) is 13.1 Å². The molecular weight excluding hydrogens is 266 g/mol. The first-order valence-electron chi connectivity index (χ1n) is 6.64. The van der Waals surface area contributed by atoms with E-state index in [2.05, 4.69) is 32.0 Å². The molecule has 0 saturated carbocycles. The van der Waals surface area contributed by atoms with Crippen molar-refractivity contribution < 1.29 is 9.90 Å². The van der Waals surface area contributed by atoms with Crippen LogP contribution in [-0.4, -0.2) is 37.3 Å². The lowest BCUT2D eigenvalue weighted by molar-refractivity contribution is 0.155. The van der Waals surface area contributed by atoms with Crippen LogP contribution in [0.3, 0.4) is 0 Å². The van der Waals surface area contributed by atoms with Gasteiger partial charge in [-0.2, -0.15) is 0 Å². The highest BCUT2D eigenvalue weighted by atomic mass is 28.3. The van der Waals surface area contributed by atoms with Gasteiger partial charge in [0.15, 0.2) is 0 Å². The first kappa shape index (κ1) is 18.2. The zero-order valence-electron chi connectivity index (χ0n) is 12.1. The van der Waals surface area contributed by atoms with Gasteiger partial charge in [0, 0.05) is 13.1 Å². The monoisotopic (exact) mass is 291 g/mol. The van der Waals surface area contributed by atoms with E-state index in [1.807, 2.05) is 24.3 Å². The van der Waals surface area contributed by atoms with Crippen molar-refractivity contribution in [3.63, 3.8) is 0 Å². The van der Waals surface area contributed by atoms with Crippen LogP contribution in [0.5, 0.6) is 0 Å². The minimum absolute atomic E-state index is 0.332. The van der Waals surface area contributed by atoms with E-state index in [1.54, 1.807) is 6.08 Å². The number of allylic oxidation sites excluding steroid dienone is 3. The normalized spacial score (nSPS) is 11.0. The second kappa shape index (κ2) is 10.0. The van der Waals surface area contributed by atoms with Crippen LogP contribution in [0.15, 0.2) is 62.4 Å². The number of nitrogens with zero attached hydrogens (tertiary/aromatic N) is 1. The smallest absolute Gasteiger partial charge is 0.407 e. The molecule has 0 spiro atoms. The molecule has 3 nitrogen and oxygen atoms in total. The average Bonchev–Trinajstić information content (AvgIpc) is 2.38. The average molecular weight is 291 g/mol. The summed E-state index contributed by atoms with van der Waals surface area (Å²) in [5.74, 6) is 0. The van der Waals surface area contributed by atoms with Gasteiger partial charge in [-0.25, -0.2) is 4.79 Å². The van der Waals surface area contributed by atoms with E-state index >= 15 is 0 Å². The predicted molar refractivity (Wildman–Crippen MR) is 89.7 cm³/mol. The quantitative estimate of drug-likeness (QED) is 0.456. The van der Waals surface area contributed by atoms with Crippen molar-refractivity contribution in [1.82, 2.24) is 4.90 Å². The molecule has 1 N–H and O–H groups in total. The van der Waals surface area contributed by atoms with Crippen LogP contribution >= 0.6 is 0 Å². The first-order valence-corrected chi connectivity index (χ1v) is 9.34. The van der Waals surface area contributed by atoms with Crippen molar-refractivity contribution >= 4 is 14.2 Å². The van der Waals surface area contributed by atoms with Crippen LogP contribution in [-0.2, 0) is 0 Å². The van der Waals surface area contributed by atoms with E-state index in [9.17, 15) is 4.79 Å². The van der Waals surface area contributed by atoms with Gasteiger partial charge in [0.05, 0.1) is 8.07 Å². The summed E-state index contributed by atoms with van der Waals surface area (Å²) < 4.78 is 0. The number of carboxylic acid groups (broad SMARTS) is 1. The van der Waals surface area contributed by atoms with Gasteiger partial charge < -0.3 is 10.0 Å². The lowest BCUT2D eigenvalue weighted by atomic mass is 10.5. The Bertz CT molecular complexity index is 361. The van der Waals surface area contributed by atoms with E-state index in [4.69, 9.17) is 5.11 Å². The Labute approximate surface area is 123 Å². The SMILES string of the molecule is C=CCN(CC=C[Si](CC=C)(CC=C)CC=C)C(=O)O. The highest BCUT2D eigenvalue weighted by Gasteiger charge is 2.25. The van der Waals surface area contributed by atoms with Gasteiger partial charge in [-0.05, 0) is 18.1 Å². The lowest BCUT2D eigenvalue weighted by Gasteiger charge is -2.25. The van der Waals surface area contributed by atoms with Crippen molar-refractivity contribution in [2.24, 2.45) is 0 Å². The number of rotatable bonds is 11. The van der Waals surface area contributed by atoms with Gasteiger partial charge >= 0.3 is 6.09 Å². The van der Waals surface area contributed by atoms with Crippen LogP contribution in [0, 0.1) is 0 Å². The third-order valence-electron chi connectivity index (χ3n) is 3.07. The second-order valence-electron chi connectivity index (χ2n) is 4.72. The molecule has 0 unspecified atom stereocenters. The predicted octanol–water partition coefficient (Wildman–Crippen LogP) is 4.25. The molecule has 0 aromatic carbocycles. The van der Waals surface area contributed by atoms with Crippen molar-refractivity contribution in [1.29, 1.82) is 0 Å². The van der Waals surface area contributed by atoms with Gasteiger partial charge in [0.25, 0.3) is 0 Å². The Balaban J connectivity index is 4.92. The Kier molecular flexibility index (Phi) is 9.12. The fourth-order valence-electron chi connectivity index (χ4n) is 2.13. The molecule has 20 heavy (non-hydrogen) atoms. The van der Waals surface area contributed by atoms with Crippen LogP contribution in [0.2, 0.25) is 18.1 Å². The molecule has 0 bridgehead atoms. The van der Waals surface area contributed by atoms with Crippen LogP contribution in [0.4, 0.5) is 4.79 Å². The number of hydrogen-bond acceptors (Lipinski definition) is 1. The molecule has 0 radical (unpaired) electrons. The van der Waals surface area contributed by atoms with Gasteiger partial charge in [0.1, 0.15) is 0 Å². The zero-order valence-corrected chi connectivity index (χ0v) is 13.1. The summed E-state index contributed by atoms with van der Waals surface area (Å²) in [6.07, 6.45) is 8.40. The molecule has 0 heterocycles. The maximum Gasteiger partial charge on any atom is 0.407 e. The molecule has 1 amide bonds. The van der Waals surface area contributed by atoms with E-state index in [1.165, 1.54) is 4.90 Å². The maximum absolute atomic E-state index is 11.0. The minimum atomic E-state index is -1.70. The molecule has 0 saturated heterocycles. The summed E-state index contributed by atoms with van der Waals surface area (Å²) in [5.41, 5.74) is 2.19. The van der Waals surface area contributed by atoms with E-state index in [0.717, 1.165) is 18.1 Å². The van der Waals surface area contributed by atoms with Gasteiger partial charge in [-0.1, -0.05) is 36.1 Å². The molecule has 0 aromatic heterocycles. The summed E-state index contributed by atoms with van der Waals surface area (Å²) in [6, 6.07) is 2.82. The molecule has 0 atom stereocenters. The largest absolute Gasteiger partial charge is 0.465 e. The summed E-state index contributed by atoms with van der Waals surface area (Å²) in [5, 5.41) is 9.05. The van der Waals surface area contributed by atoms with Gasteiger partial charge in [0.2, 0.25) is 0 Å². The molecule has 4 heteroatoms. The Morgan fingerprint density at radius 3 is 1.80 bits per heavy atom. The highest BCUT2D eigenvalue weighted by molar-refractivity contribution is 6.85. The maximum atomic E-state index is 11.0. The molecular formula is C16H25NO2Si. The summed E-state index contributed by atoms with van der Waals surface area (Å²) in [6.45, 7) is 15.8. The van der Waals surface area contributed by atoms with Crippen LogP contribution in [0.25, 0.3) is 0 Å². The van der Waals surface area contributed by atoms with Crippen molar-refractivity contribution in [2.75, 3.05) is 13.1 Å². The topological polar surface area (TPSA) is 40.5 Å². The van der Waals surface area contributed by atoms with Crippen LogP contribution in [0.1, 0.15) is 0 Å². The highest BCUT2D eigenvalue weighted by Crippen LogP contribution is 2.24. The summed E-state index contributed by atoms with van der Waals surface area (Å²) >= 11 is 0. The Morgan fingerprint density at radius 1 is 0.950 bits per heavy atom. The summed E-state index contributed by atoms with van der Waals surface area (Å²) in [7, 11) is -1.70. The Hall–Kier alpha value is -1.81. The van der Waals surface area contributed by atoms with E-state index < -0.39 is 14.2 Å². The molecule has 0 aliphatic rings. The fraction of sp³-hybridized carbons (Fsp3) is 0.312. The molecule has 0 aliphatic carbocycles. The molecule has 0 fully saturated rings. The molecule has 0 rings (SSSR count). The number of amides is 1. The van der Waals surface area contributed by atoms with Gasteiger partial charge in [-0.15, -0.1) is 26.3 Å². The Morgan fingerprint density at radius 2 is 1.45 bits per heavy atom. The molecule has 110 valence electrons. The van der Waals surface area contributed by atoms with Crippen LogP contribution < -0.4 is 0 Å².